The van der Waals surface area contributed by atoms with Gasteiger partial charge in [0.2, 0.25) is 5.43 Å². The van der Waals surface area contributed by atoms with Gasteiger partial charge in [0.25, 0.3) is 5.91 Å². The van der Waals surface area contributed by atoms with Gasteiger partial charge in [-0.1, -0.05) is 62.4 Å². The normalized spacial score (nSPS) is 20.5. The van der Waals surface area contributed by atoms with E-state index in [1.807, 2.05) is 55.3 Å². The molecule has 0 fully saturated rings. The van der Waals surface area contributed by atoms with Gasteiger partial charge in [-0.2, -0.15) is 0 Å². The van der Waals surface area contributed by atoms with Crippen molar-refractivity contribution in [1.82, 2.24) is 9.58 Å². The van der Waals surface area contributed by atoms with Gasteiger partial charge in [0.1, 0.15) is 19.3 Å². The zero-order valence-electron chi connectivity index (χ0n) is 19.5. The van der Waals surface area contributed by atoms with Crippen molar-refractivity contribution in [1.29, 1.82) is 0 Å². The molecule has 0 radical (unpaired) electrons. The predicted octanol–water partition coefficient (Wildman–Crippen LogP) is 3.81. The Labute approximate surface area is 202 Å². The molecule has 7 nitrogen and oxygen atoms in total. The molecule has 5 rings (SSSR count). The number of halogens is 1. The smallest absolute Gasteiger partial charge is 0.278 e. The van der Waals surface area contributed by atoms with Crippen molar-refractivity contribution in [3.8, 4) is 11.5 Å². The molecule has 2 aromatic carbocycles. The summed E-state index contributed by atoms with van der Waals surface area (Å²) in [7, 11) is 0. The largest absolute Gasteiger partial charge is 0.502 e. The summed E-state index contributed by atoms with van der Waals surface area (Å²) in [6.45, 7) is 4.24. The Kier molecular flexibility index (Phi) is 5.80. The van der Waals surface area contributed by atoms with E-state index in [2.05, 4.69) is 0 Å². The summed E-state index contributed by atoms with van der Waals surface area (Å²) >= 11 is 0. The number of aromatic hydroxyl groups is 1. The van der Waals surface area contributed by atoms with Gasteiger partial charge in [-0.05, 0) is 23.6 Å². The maximum Gasteiger partial charge on any atom is 0.278 e. The van der Waals surface area contributed by atoms with Crippen LogP contribution in [0.5, 0.6) is 11.5 Å². The van der Waals surface area contributed by atoms with Crippen LogP contribution < -0.4 is 15.2 Å². The fraction of sp³-hybridized carbons (Fsp3) is 0.259. The number of hydrogen-bond donors (Lipinski definition) is 1. The molecule has 35 heavy (non-hydrogen) atoms. The first kappa shape index (κ1) is 22.7. The molecule has 180 valence electrons. The van der Waals surface area contributed by atoms with E-state index in [1.54, 1.807) is 23.1 Å². The number of carbonyl (C=O) groups is 1. The lowest BCUT2D eigenvalue weighted by molar-refractivity contribution is 0.0588. The van der Waals surface area contributed by atoms with Crippen LogP contribution in [-0.4, -0.2) is 39.9 Å². The van der Waals surface area contributed by atoms with E-state index in [0.717, 1.165) is 5.56 Å². The molecule has 0 aliphatic carbocycles. The Balaban J connectivity index is 1.84. The number of fused-ring (bicyclic) bond motifs is 5. The third-order valence-electron chi connectivity index (χ3n) is 6.50. The van der Waals surface area contributed by atoms with Crippen LogP contribution in [0.1, 0.15) is 41.5 Å². The topological polar surface area (TPSA) is 75.0 Å². The summed E-state index contributed by atoms with van der Waals surface area (Å²) in [6, 6.07) is 14.5. The molecule has 2 bridgehead atoms. The van der Waals surface area contributed by atoms with Crippen molar-refractivity contribution in [2.45, 2.75) is 25.9 Å². The minimum atomic E-state index is -0.640. The molecule has 3 heterocycles. The number of hydrogen-bond acceptors (Lipinski definition) is 5. The van der Waals surface area contributed by atoms with Crippen LogP contribution in [0.2, 0.25) is 0 Å². The average Bonchev–Trinajstić information content (AvgIpc) is 2.87. The zero-order valence-corrected chi connectivity index (χ0v) is 19.5. The van der Waals surface area contributed by atoms with Crippen LogP contribution in [0.25, 0.3) is 0 Å². The van der Waals surface area contributed by atoms with Crippen LogP contribution in [0.4, 0.5) is 4.39 Å². The first-order valence-electron chi connectivity index (χ1n) is 11.5. The van der Waals surface area contributed by atoms with Crippen LogP contribution in [0, 0.1) is 11.7 Å². The SMILES string of the molecule is CC(C)C1/C=C/COc2c(F)cccc2C(c2ccccc2)N2CN1C(=O)c1c(O)c(=O)ccn12. The second-order valence-electron chi connectivity index (χ2n) is 9.02. The van der Waals surface area contributed by atoms with E-state index in [4.69, 9.17) is 4.74 Å². The van der Waals surface area contributed by atoms with Gasteiger partial charge < -0.3 is 14.7 Å². The molecule has 2 aliphatic rings. The van der Waals surface area contributed by atoms with Crippen molar-refractivity contribution in [3.63, 3.8) is 0 Å². The van der Waals surface area contributed by atoms with Gasteiger partial charge in [0.15, 0.2) is 23.0 Å². The summed E-state index contributed by atoms with van der Waals surface area (Å²) in [4.78, 5) is 27.7. The van der Waals surface area contributed by atoms with Gasteiger partial charge in [-0.25, -0.2) is 4.39 Å². The van der Waals surface area contributed by atoms with Gasteiger partial charge in [-0.15, -0.1) is 0 Å². The Morgan fingerprint density at radius 3 is 2.57 bits per heavy atom. The highest BCUT2D eigenvalue weighted by Gasteiger charge is 2.40. The lowest BCUT2D eigenvalue weighted by Gasteiger charge is -2.46. The lowest BCUT2D eigenvalue weighted by atomic mass is 9.96. The zero-order chi connectivity index (χ0) is 24.7. The second-order valence-corrected chi connectivity index (χ2v) is 9.02. The molecular formula is C27H26FN3O4. The minimum absolute atomic E-state index is 0.0243. The van der Waals surface area contributed by atoms with E-state index < -0.39 is 28.9 Å². The summed E-state index contributed by atoms with van der Waals surface area (Å²) in [6.07, 6.45) is 5.11. The number of para-hydroxylation sites is 1. The number of aromatic nitrogens is 1. The molecule has 3 aromatic rings. The number of nitrogens with zero attached hydrogens (tertiary/aromatic N) is 3. The van der Waals surface area contributed by atoms with Crippen LogP contribution in [-0.2, 0) is 0 Å². The molecule has 1 N–H and O–H groups in total. The summed E-state index contributed by atoms with van der Waals surface area (Å²) in [5, 5.41) is 12.6. The maximum absolute atomic E-state index is 15.1. The number of pyridine rings is 1. The monoisotopic (exact) mass is 475 g/mol. The van der Waals surface area contributed by atoms with Crippen molar-refractivity contribution < 1.29 is 19.0 Å². The highest BCUT2D eigenvalue weighted by Crippen LogP contribution is 2.38. The molecule has 0 spiro atoms. The van der Waals surface area contributed by atoms with E-state index in [0.29, 0.717) is 5.56 Å². The van der Waals surface area contributed by atoms with Gasteiger partial charge in [-0.3, -0.25) is 19.3 Å². The Hall–Kier alpha value is -4.07. The number of amides is 1. The van der Waals surface area contributed by atoms with E-state index in [9.17, 15) is 14.7 Å². The fourth-order valence-electron chi connectivity index (χ4n) is 4.84. The number of rotatable bonds is 2. The highest BCUT2D eigenvalue weighted by molar-refractivity contribution is 5.96. The summed E-state index contributed by atoms with van der Waals surface area (Å²) < 4.78 is 22.5. The quantitative estimate of drug-likeness (QED) is 0.571. The van der Waals surface area contributed by atoms with Crippen LogP contribution >= 0.6 is 0 Å². The molecule has 0 saturated carbocycles. The molecular weight excluding hydrogens is 449 g/mol. The Morgan fingerprint density at radius 2 is 1.83 bits per heavy atom. The van der Waals surface area contributed by atoms with Gasteiger partial charge in [0.05, 0.1) is 6.04 Å². The average molecular weight is 476 g/mol. The number of carbonyl (C=O) groups excluding carboxylic acids is 1. The van der Waals surface area contributed by atoms with Crippen molar-refractivity contribution >= 4 is 5.91 Å². The molecule has 2 aliphatic heterocycles. The third kappa shape index (κ3) is 3.84. The predicted molar refractivity (Wildman–Crippen MR) is 130 cm³/mol. The lowest BCUT2D eigenvalue weighted by Crippen LogP contribution is -2.58. The van der Waals surface area contributed by atoms with Crippen molar-refractivity contribution in [2.75, 3.05) is 18.3 Å². The van der Waals surface area contributed by atoms with E-state index in [1.165, 1.54) is 23.0 Å². The van der Waals surface area contributed by atoms with Gasteiger partial charge in [0, 0.05) is 17.8 Å². The van der Waals surface area contributed by atoms with Crippen molar-refractivity contribution in [3.05, 3.63) is 106 Å². The summed E-state index contributed by atoms with van der Waals surface area (Å²) in [5.41, 5.74) is 0.626. The maximum atomic E-state index is 15.1. The minimum Gasteiger partial charge on any atom is -0.502 e. The van der Waals surface area contributed by atoms with E-state index in [-0.39, 0.29) is 36.7 Å². The number of ether oxygens (including phenoxy) is 1. The third-order valence-corrected chi connectivity index (χ3v) is 6.50. The number of benzene rings is 2. The van der Waals surface area contributed by atoms with Crippen LogP contribution in [0.15, 0.2) is 77.7 Å². The summed E-state index contributed by atoms with van der Waals surface area (Å²) in [5.74, 6) is -1.42. The standard InChI is InChI=1S/C27H26FN3O4/c1-17(2)21-12-7-15-35-26-19(10-6-11-20(26)28)23(18-8-4-3-5-9-18)31-16-29(21)27(34)24-25(33)22(32)13-14-30(24)31/h3-14,17,21,23,33H,15-16H2,1-2H3/b12-7+. The molecule has 1 aromatic heterocycles. The molecule has 2 unspecified atom stereocenters. The Bertz CT molecular complexity index is 1350. The molecule has 0 saturated heterocycles. The Morgan fingerprint density at radius 1 is 1.06 bits per heavy atom. The van der Waals surface area contributed by atoms with Gasteiger partial charge >= 0.3 is 0 Å². The highest BCUT2D eigenvalue weighted by atomic mass is 19.1. The second kappa shape index (κ2) is 8.94. The molecule has 1 amide bonds. The van der Waals surface area contributed by atoms with E-state index >= 15 is 4.39 Å². The van der Waals surface area contributed by atoms with Crippen LogP contribution in [0.3, 0.4) is 0 Å². The first-order valence-corrected chi connectivity index (χ1v) is 11.5. The molecule has 8 heteroatoms. The molecule has 2 atom stereocenters. The van der Waals surface area contributed by atoms with Crippen molar-refractivity contribution in [2.24, 2.45) is 5.92 Å². The fourth-order valence-corrected chi connectivity index (χ4v) is 4.84. The first-order chi connectivity index (χ1) is 16.9.